The molecule has 0 spiro atoms. The number of ether oxygens (including phenoxy) is 1. The van der Waals surface area contributed by atoms with Crippen molar-refractivity contribution in [1.29, 1.82) is 0 Å². The highest BCUT2D eigenvalue weighted by Crippen LogP contribution is 2.39. The van der Waals surface area contributed by atoms with Gasteiger partial charge in [-0.3, -0.25) is 4.79 Å². The van der Waals surface area contributed by atoms with E-state index in [-0.39, 0.29) is 5.91 Å². The van der Waals surface area contributed by atoms with Crippen LogP contribution in [0.1, 0.15) is 17.5 Å². The Morgan fingerprint density at radius 1 is 1.05 bits per heavy atom. The Hall–Kier alpha value is -1.44. The first-order chi connectivity index (χ1) is 10.6. The molecular formula is C15H18N2O4S. The second-order valence-corrected chi connectivity index (χ2v) is 7.87. The van der Waals surface area contributed by atoms with Gasteiger partial charge in [-0.15, -0.1) is 0 Å². The fraction of sp³-hybridized carbons (Fsp3) is 0.533. The smallest absolute Gasteiger partial charge is 0.243 e. The largest absolute Gasteiger partial charge is 0.379 e. The number of morpholine rings is 1. The van der Waals surface area contributed by atoms with Gasteiger partial charge < -0.3 is 9.64 Å². The van der Waals surface area contributed by atoms with E-state index in [1.807, 2.05) is 0 Å². The van der Waals surface area contributed by atoms with Crippen LogP contribution in [0.4, 0.5) is 5.69 Å². The van der Waals surface area contributed by atoms with Gasteiger partial charge >= 0.3 is 0 Å². The highest BCUT2D eigenvalue weighted by atomic mass is 32.2. The molecule has 7 heteroatoms. The predicted octanol–water partition coefficient (Wildman–Crippen LogP) is 0.543. The van der Waals surface area contributed by atoms with Crippen LogP contribution in [-0.4, -0.2) is 51.5 Å². The Bertz CT molecular complexity index is 738. The van der Waals surface area contributed by atoms with Crippen LogP contribution in [0.3, 0.4) is 0 Å². The Labute approximate surface area is 129 Å². The van der Waals surface area contributed by atoms with Crippen molar-refractivity contribution in [1.82, 2.24) is 4.31 Å². The molecular weight excluding hydrogens is 304 g/mol. The minimum Gasteiger partial charge on any atom is -0.379 e. The van der Waals surface area contributed by atoms with Gasteiger partial charge in [-0.25, -0.2) is 8.42 Å². The molecule has 0 bridgehead atoms. The number of carbonyl (C=O) groups excluding carboxylic acids is 1. The second kappa shape index (κ2) is 5.04. The normalized spacial score (nSPS) is 22.0. The Kier molecular flexibility index (Phi) is 3.25. The zero-order valence-electron chi connectivity index (χ0n) is 12.2. The van der Waals surface area contributed by atoms with Crippen LogP contribution in [0.25, 0.3) is 0 Å². The standard InChI is InChI=1S/C15H18N2O4S/c18-14-10-12-9-13(8-11-2-1-3-17(14)15(11)12)22(19,20)16-4-6-21-7-5-16/h8-9H,1-7,10H2. The monoisotopic (exact) mass is 322 g/mol. The van der Waals surface area contributed by atoms with Crippen LogP contribution < -0.4 is 4.90 Å². The summed E-state index contributed by atoms with van der Waals surface area (Å²) in [5.74, 6) is 0.0804. The molecule has 22 heavy (non-hydrogen) atoms. The Morgan fingerprint density at radius 3 is 2.55 bits per heavy atom. The second-order valence-electron chi connectivity index (χ2n) is 5.93. The lowest BCUT2D eigenvalue weighted by Gasteiger charge is -2.28. The molecule has 3 heterocycles. The molecule has 1 aromatic carbocycles. The van der Waals surface area contributed by atoms with Crippen molar-refractivity contribution < 1.29 is 17.9 Å². The number of anilines is 1. The van der Waals surface area contributed by atoms with Crippen molar-refractivity contribution >= 4 is 21.6 Å². The number of hydrogen-bond donors (Lipinski definition) is 0. The van der Waals surface area contributed by atoms with Crippen molar-refractivity contribution in [2.24, 2.45) is 0 Å². The quantitative estimate of drug-likeness (QED) is 0.797. The molecule has 1 aromatic rings. The number of aryl methyl sites for hydroxylation is 1. The topological polar surface area (TPSA) is 66.9 Å². The number of rotatable bonds is 2. The van der Waals surface area contributed by atoms with Crippen LogP contribution in [0.5, 0.6) is 0 Å². The first-order valence-corrected chi connectivity index (χ1v) is 9.05. The van der Waals surface area contributed by atoms with E-state index < -0.39 is 10.0 Å². The van der Waals surface area contributed by atoms with E-state index in [0.717, 1.165) is 36.2 Å². The van der Waals surface area contributed by atoms with Crippen molar-refractivity contribution in [3.63, 3.8) is 0 Å². The fourth-order valence-electron chi connectivity index (χ4n) is 3.53. The van der Waals surface area contributed by atoms with Crippen LogP contribution >= 0.6 is 0 Å². The van der Waals surface area contributed by atoms with E-state index >= 15 is 0 Å². The lowest BCUT2D eigenvalue weighted by atomic mass is 10.0. The molecule has 0 radical (unpaired) electrons. The number of sulfonamides is 1. The van der Waals surface area contributed by atoms with Gasteiger partial charge in [0.1, 0.15) is 0 Å². The summed E-state index contributed by atoms with van der Waals surface area (Å²) in [5, 5.41) is 0. The minimum atomic E-state index is -3.50. The van der Waals surface area contributed by atoms with Gasteiger partial charge in [0, 0.05) is 19.6 Å². The van der Waals surface area contributed by atoms with Crippen molar-refractivity contribution in [2.45, 2.75) is 24.2 Å². The summed E-state index contributed by atoms with van der Waals surface area (Å²) >= 11 is 0. The first-order valence-electron chi connectivity index (χ1n) is 7.61. The molecule has 0 aromatic heterocycles. The zero-order chi connectivity index (χ0) is 15.3. The molecule has 4 rings (SSSR count). The molecule has 1 fully saturated rings. The summed E-state index contributed by atoms with van der Waals surface area (Å²) in [6, 6.07) is 3.45. The average Bonchev–Trinajstić information content (AvgIpc) is 2.86. The molecule has 0 aliphatic carbocycles. The molecule has 0 saturated carbocycles. The fourth-order valence-corrected chi connectivity index (χ4v) is 5.04. The van der Waals surface area contributed by atoms with Crippen molar-refractivity contribution in [2.75, 3.05) is 37.7 Å². The number of hydrogen-bond acceptors (Lipinski definition) is 4. The van der Waals surface area contributed by atoms with Gasteiger partial charge in [0.25, 0.3) is 0 Å². The van der Waals surface area contributed by atoms with Crippen molar-refractivity contribution in [3.05, 3.63) is 23.3 Å². The summed E-state index contributed by atoms with van der Waals surface area (Å²) in [4.78, 5) is 14.2. The van der Waals surface area contributed by atoms with Gasteiger partial charge in [0.15, 0.2) is 0 Å². The number of carbonyl (C=O) groups is 1. The summed E-state index contributed by atoms with van der Waals surface area (Å²) in [7, 11) is -3.50. The summed E-state index contributed by atoms with van der Waals surface area (Å²) < 4.78 is 32.3. The van der Waals surface area contributed by atoms with E-state index in [1.165, 1.54) is 4.31 Å². The maximum absolute atomic E-state index is 12.8. The Morgan fingerprint density at radius 2 is 1.77 bits per heavy atom. The molecule has 0 unspecified atom stereocenters. The predicted molar refractivity (Wildman–Crippen MR) is 80.4 cm³/mol. The minimum absolute atomic E-state index is 0.0804. The van der Waals surface area contributed by atoms with Gasteiger partial charge in [-0.2, -0.15) is 4.31 Å². The molecule has 0 atom stereocenters. The third-order valence-electron chi connectivity index (χ3n) is 4.59. The number of benzene rings is 1. The lowest BCUT2D eigenvalue weighted by Crippen LogP contribution is -2.40. The average molecular weight is 322 g/mol. The van der Waals surface area contributed by atoms with E-state index in [9.17, 15) is 13.2 Å². The molecule has 3 aliphatic heterocycles. The van der Waals surface area contributed by atoms with Gasteiger partial charge in [-0.05, 0) is 36.1 Å². The van der Waals surface area contributed by atoms with Crippen molar-refractivity contribution in [3.8, 4) is 0 Å². The van der Waals surface area contributed by atoms with Crippen LogP contribution in [0.2, 0.25) is 0 Å². The molecule has 6 nitrogen and oxygen atoms in total. The third kappa shape index (κ3) is 2.07. The number of nitrogens with zero attached hydrogens (tertiary/aromatic N) is 2. The van der Waals surface area contributed by atoms with E-state index in [1.54, 1.807) is 17.0 Å². The summed E-state index contributed by atoms with van der Waals surface area (Å²) in [6.07, 6.45) is 2.03. The summed E-state index contributed by atoms with van der Waals surface area (Å²) in [5.41, 5.74) is 2.80. The number of amides is 1. The van der Waals surface area contributed by atoms with E-state index in [0.29, 0.717) is 37.6 Å². The van der Waals surface area contributed by atoms with E-state index in [4.69, 9.17) is 4.74 Å². The zero-order valence-corrected chi connectivity index (χ0v) is 13.1. The summed E-state index contributed by atoms with van der Waals surface area (Å²) in [6.45, 7) is 2.39. The molecule has 3 aliphatic rings. The molecule has 1 amide bonds. The van der Waals surface area contributed by atoms with Crippen LogP contribution in [0.15, 0.2) is 17.0 Å². The SMILES string of the molecule is O=C1Cc2cc(S(=O)(=O)N3CCOCC3)cc3c2N1CCC3. The lowest BCUT2D eigenvalue weighted by molar-refractivity contribution is -0.117. The van der Waals surface area contributed by atoms with E-state index in [2.05, 4.69) is 0 Å². The Balaban J connectivity index is 1.78. The molecule has 1 saturated heterocycles. The van der Waals surface area contributed by atoms with Crippen LogP contribution in [-0.2, 0) is 32.4 Å². The van der Waals surface area contributed by atoms with Gasteiger partial charge in [0.2, 0.25) is 15.9 Å². The first kappa shape index (κ1) is 14.2. The molecule has 0 N–H and O–H groups in total. The highest BCUT2D eigenvalue weighted by Gasteiger charge is 2.35. The third-order valence-corrected chi connectivity index (χ3v) is 6.47. The van der Waals surface area contributed by atoms with Gasteiger partial charge in [-0.1, -0.05) is 0 Å². The van der Waals surface area contributed by atoms with Crippen LogP contribution in [0, 0.1) is 0 Å². The molecule has 118 valence electrons. The maximum atomic E-state index is 12.8. The highest BCUT2D eigenvalue weighted by molar-refractivity contribution is 7.89. The van der Waals surface area contributed by atoms with Gasteiger partial charge in [0.05, 0.1) is 30.2 Å². The maximum Gasteiger partial charge on any atom is 0.243 e.